The van der Waals surface area contributed by atoms with Crippen molar-refractivity contribution < 1.29 is 48.2 Å². The first-order valence-corrected chi connectivity index (χ1v) is 22.7. The molecule has 2 N–H and O–H groups in total. The monoisotopic (exact) mass is 834 g/mol. The smallest absolute Gasteiger partial charge is 0.338 e. The molecule has 1 aromatic rings. The summed E-state index contributed by atoms with van der Waals surface area (Å²) in [6.07, 6.45) is 19.8. The van der Waals surface area contributed by atoms with Crippen molar-refractivity contribution in [3.63, 3.8) is 0 Å². The highest BCUT2D eigenvalue weighted by molar-refractivity contribution is 5.89. The van der Waals surface area contributed by atoms with E-state index in [0.717, 1.165) is 51.4 Å². The molecule has 1 aliphatic heterocycles. The van der Waals surface area contributed by atoms with Crippen LogP contribution in [0.4, 0.5) is 0 Å². The highest BCUT2D eigenvalue weighted by Gasteiger charge is 2.90. The Morgan fingerprint density at radius 3 is 2.22 bits per heavy atom. The largest absolute Gasteiger partial charge is 0.458 e. The molecule has 11 nitrogen and oxygen atoms in total. The van der Waals surface area contributed by atoms with Crippen LogP contribution < -0.4 is 0 Å². The third-order valence-electron chi connectivity index (χ3n) is 15.8. The van der Waals surface area contributed by atoms with Crippen LogP contribution in [0.2, 0.25) is 0 Å². The number of unbranched alkanes of at least 4 members (excludes halogenated alkanes) is 5. The lowest BCUT2D eigenvalue weighted by atomic mass is 9.42. The molecule has 1 aromatic carbocycles. The molecule has 7 rings (SSSR count). The van der Waals surface area contributed by atoms with Crippen molar-refractivity contribution in [2.24, 2.45) is 34.5 Å². The summed E-state index contributed by atoms with van der Waals surface area (Å²) in [5.74, 6) is -2.47. The van der Waals surface area contributed by atoms with E-state index in [1.54, 1.807) is 52.7 Å². The molecule has 332 valence electrons. The standard InChI is InChI=1S/C49H71NO10/c1-7-8-9-10-11-12-13-14-15-16-17-18-19-20-24-27-38(52)60-48-30-37(57-5)47(54)29-34(39(48)44(47)59-45(53)33-25-22-21-23-26-33)49-36(56-4)28-35(51)46(32-55-3)31-50(2)43(49)40(48)41(58-6)42(46)49/h8-9,11-12,14-15,21-23,25-26,34-37,39-44,51,54H,7,10,13,16-20,24,27-32H2,1-6H3/b9-8-,12-11-,15-14-/t34-,35-,36?,37+,39-,40+,41+,42-,43-,44-,46+,47-,48-,49+/m1/s1. The Balaban J connectivity index is 1.16. The molecule has 0 amide bonds. The minimum atomic E-state index is -1.57. The van der Waals surface area contributed by atoms with Crippen molar-refractivity contribution in [3.8, 4) is 0 Å². The first-order valence-electron chi connectivity index (χ1n) is 22.7. The average Bonchev–Trinajstić information content (AvgIpc) is 3.63. The number of aliphatic hydroxyl groups excluding tert-OH is 1. The van der Waals surface area contributed by atoms with E-state index in [0.29, 0.717) is 31.6 Å². The Hall–Kier alpha value is -2.90. The maximum absolute atomic E-state index is 14.5. The van der Waals surface area contributed by atoms with Gasteiger partial charge in [0.05, 0.1) is 36.6 Å². The van der Waals surface area contributed by atoms with Gasteiger partial charge in [0.25, 0.3) is 0 Å². The number of nitrogens with zero attached hydrogens (tertiary/aromatic N) is 1. The van der Waals surface area contributed by atoms with Crippen molar-refractivity contribution in [2.45, 2.75) is 138 Å². The zero-order chi connectivity index (χ0) is 42.7. The van der Waals surface area contributed by atoms with E-state index in [-0.39, 0.29) is 43.1 Å². The number of methoxy groups -OCH3 is 4. The molecular weight excluding hydrogens is 763 g/mol. The second kappa shape index (κ2) is 18.8. The van der Waals surface area contributed by atoms with Gasteiger partial charge in [-0.15, -0.1) is 0 Å². The molecule has 1 spiro atoms. The van der Waals surface area contributed by atoms with Gasteiger partial charge in [-0.2, -0.15) is 0 Å². The van der Waals surface area contributed by atoms with Gasteiger partial charge >= 0.3 is 11.9 Å². The second-order valence-corrected chi connectivity index (χ2v) is 18.7. The van der Waals surface area contributed by atoms with Crippen LogP contribution in [0.25, 0.3) is 0 Å². The highest BCUT2D eigenvalue weighted by Crippen LogP contribution is 2.80. The number of carbonyl (C=O) groups is 2. The summed E-state index contributed by atoms with van der Waals surface area (Å²) >= 11 is 0. The Morgan fingerprint density at radius 2 is 1.53 bits per heavy atom. The number of rotatable bonds is 21. The summed E-state index contributed by atoms with van der Waals surface area (Å²) in [5.41, 5.74) is -3.83. The molecule has 1 unspecified atom stereocenters. The Labute approximate surface area is 357 Å². The van der Waals surface area contributed by atoms with Crippen LogP contribution in [-0.2, 0) is 33.2 Å². The number of aliphatic hydroxyl groups is 2. The van der Waals surface area contributed by atoms with Crippen molar-refractivity contribution in [2.75, 3.05) is 48.6 Å². The number of esters is 2. The van der Waals surface area contributed by atoms with Crippen molar-refractivity contribution in [1.82, 2.24) is 4.90 Å². The predicted octanol–water partition coefficient (Wildman–Crippen LogP) is 6.86. The van der Waals surface area contributed by atoms with Gasteiger partial charge in [-0.05, 0) is 70.0 Å². The maximum atomic E-state index is 14.5. The number of hydrogen-bond acceptors (Lipinski definition) is 11. The van der Waals surface area contributed by atoms with Gasteiger partial charge in [-0.1, -0.05) is 80.8 Å². The molecule has 1 heterocycles. The Morgan fingerprint density at radius 1 is 0.850 bits per heavy atom. The number of likely N-dealkylation sites (tertiary alicyclic amines) is 1. The molecule has 6 fully saturated rings. The van der Waals surface area contributed by atoms with E-state index in [1.165, 1.54) is 0 Å². The van der Waals surface area contributed by atoms with Crippen LogP contribution in [-0.4, -0.2) is 123 Å². The van der Waals surface area contributed by atoms with E-state index in [1.807, 2.05) is 6.07 Å². The van der Waals surface area contributed by atoms with Crippen LogP contribution in [0.5, 0.6) is 0 Å². The molecule has 0 radical (unpaired) electrons. The lowest BCUT2D eigenvalue weighted by Gasteiger charge is -2.69. The Bertz CT molecular complexity index is 1720. The van der Waals surface area contributed by atoms with Crippen LogP contribution in [0, 0.1) is 34.5 Å². The topological polar surface area (TPSA) is 133 Å². The summed E-state index contributed by atoms with van der Waals surface area (Å²) in [6, 6.07) is 8.63. The van der Waals surface area contributed by atoms with Crippen LogP contribution in [0.3, 0.4) is 0 Å². The molecule has 0 aromatic heterocycles. The molecule has 60 heavy (non-hydrogen) atoms. The SMILES string of the molecule is CC/C=C\C/C=C\C/C=C\CCCCCCCC(=O)O[C@]12C[C@H](OC)[C@]3(O)C[C@H]([C@@H]1[C@H]3OC(=O)c1ccccc1)[C@@]13C(OC)C[C@@H](O)[C@@]4(COC)CN(C)[C@@H]1[C@@H]2[C@H](OC)[C@H]43. The molecule has 7 bridgehead atoms. The van der Waals surface area contributed by atoms with E-state index >= 15 is 0 Å². The minimum absolute atomic E-state index is 0.194. The van der Waals surface area contributed by atoms with Crippen LogP contribution in [0.1, 0.15) is 101 Å². The van der Waals surface area contributed by atoms with Crippen LogP contribution in [0.15, 0.2) is 66.8 Å². The molecule has 5 aliphatic carbocycles. The fourth-order valence-corrected chi connectivity index (χ4v) is 14.0. The van der Waals surface area contributed by atoms with E-state index < -0.39 is 70.4 Å². The fourth-order valence-electron chi connectivity index (χ4n) is 14.0. The number of benzene rings is 1. The summed E-state index contributed by atoms with van der Waals surface area (Å²) in [6.45, 7) is 3.00. The summed E-state index contributed by atoms with van der Waals surface area (Å²) in [5, 5.41) is 25.2. The quantitative estimate of drug-likeness (QED) is 0.0766. The average molecular weight is 834 g/mol. The van der Waals surface area contributed by atoms with Gasteiger partial charge in [0.15, 0.2) is 0 Å². The third kappa shape index (κ3) is 7.35. The maximum Gasteiger partial charge on any atom is 0.338 e. The Kier molecular flexibility index (Phi) is 14.2. The van der Waals surface area contributed by atoms with E-state index in [9.17, 15) is 19.8 Å². The lowest BCUT2D eigenvalue weighted by molar-refractivity contribution is -0.298. The van der Waals surface area contributed by atoms with Gasteiger partial charge in [0.1, 0.15) is 17.3 Å². The van der Waals surface area contributed by atoms with Crippen molar-refractivity contribution in [1.29, 1.82) is 0 Å². The normalized spacial score (nSPS) is 40.2. The zero-order valence-electron chi connectivity index (χ0n) is 36.8. The fraction of sp³-hybridized carbons (Fsp3) is 0.714. The summed E-state index contributed by atoms with van der Waals surface area (Å²) < 4.78 is 38.9. The number of carbonyl (C=O) groups excluding carboxylic acids is 2. The van der Waals surface area contributed by atoms with E-state index in [2.05, 4.69) is 55.3 Å². The molecule has 5 saturated carbocycles. The van der Waals surface area contributed by atoms with Crippen molar-refractivity contribution >= 4 is 11.9 Å². The molecule has 14 atom stereocenters. The number of ether oxygens (including phenoxy) is 6. The number of piperidine rings is 1. The minimum Gasteiger partial charge on any atom is -0.458 e. The van der Waals surface area contributed by atoms with Crippen molar-refractivity contribution in [3.05, 3.63) is 72.4 Å². The molecular formula is C49H71NO10. The van der Waals surface area contributed by atoms with Gasteiger partial charge in [0.2, 0.25) is 0 Å². The highest BCUT2D eigenvalue weighted by atomic mass is 16.6. The number of allylic oxidation sites excluding steroid dienone is 6. The lowest BCUT2D eigenvalue weighted by Crippen LogP contribution is -2.78. The molecule has 6 aliphatic rings. The second-order valence-electron chi connectivity index (χ2n) is 18.7. The van der Waals surface area contributed by atoms with Gasteiger partial charge in [-0.3, -0.25) is 4.79 Å². The third-order valence-corrected chi connectivity index (χ3v) is 15.8. The van der Waals surface area contributed by atoms with Crippen LogP contribution >= 0.6 is 0 Å². The zero-order valence-corrected chi connectivity index (χ0v) is 36.8. The van der Waals surface area contributed by atoms with Gasteiger partial charge in [0, 0.05) is 88.9 Å². The summed E-state index contributed by atoms with van der Waals surface area (Å²) in [4.78, 5) is 30.8. The number of hydrogen-bond donors (Lipinski definition) is 2. The summed E-state index contributed by atoms with van der Waals surface area (Å²) in [7, 11) is 8.75. The first kappa shape index (κ1) is 45.1. The van der Waals surface area contributed by atoms with Gasteiger partial charge < -0.3 is 43.5 Å². The first-order chi connectivity index (χ1) is 29.0. The molecule has 1 saturated heterocycles. The number of fused-ring (bicyclic) bond motifs is 2. The molecule has 11 heteroatoms. The van der Waals surface area contributed by atoms with E-state index in [4.69, 9.17) is 28.4 Å². The predicted molar refractivity (Wildman–Crippen MR) is 228 cm³/mol. The van der Waals surface area contributed by atoms with Gasteiger partial charge in [-0.25, -0.2) is 4.79 Å².